The number of methoxy groups -OCH3 is 1. The van der Waals surface area contributed by atoms with Crippen molar-refractivity contribution < 1.29 is 24.1 Å². The number of hydrogen-bond donors (Lipinski definition) is 1. The van der Waals surface area contributed by atoms with Gasteiger partial charge in [-0.05, 0) is 23.8 Å². The minimum atomic E-state index is -0.0207. The van der Waals surface area contributed by atoms with E-state index in [4.69, 9.17) is 24.1 Å². The van der Waals surface area contributed by atoms with Gasteiger partial charge in [0.05, 0.1) is 39.6 Å². The van der Waals surface area contributed by atoms with Gasteiger partial charge in [-0.15, -0.1) is 0 Å². The van der Waals surface area contributed by atoms with Crippen LogP contribution in [-0.2, 0) is 20.8 Å². The molecule has 0 unspecified atom stereocenters. The zero-order valence-corrected chi connectivity index (χ0v) is 13.2. The van der Waals surface area contributed by atoms with Crippen molar-refractivity contribution in [1.29, 1.82) is 0 Å². The Morgan fingerprint density at radius 1 is 1.00 bits per heavy atom. The first-order chi connectivity index (χ1) is 9.77. The van der Waals surface area contributed by atoms with E-state index < -0.39 is 0 Å². The van der Waals surface area contributed by atoms with Crippen LogP contribution in [0.25, 0.3) is 0 Å². The molecule has 1 aromatic rings. The predicted molar refractivity (Wildman–Crippen MR) is 79.1 cm³/mol. The van der Waals surface area contributed by atoms with Crippen molar-refractivity contribution in [3.8, 4) is 5.75 Å². The van der Waals surface area contributed by atoms with Crippen molar-refractivity contribution in [2.75, 3.05) is 46.8 Å². The minimum absolute atomic E-state index is 0.0207. The van der Waals surface area contributed by atoms with Crippen molar-refractivity contribution in [1.82, 2.24) is 0 Å². The largest absolute Gasteiger partial charge is 0.491 e. The van der Waals surface area contributed by atoms with E-state index in [1.807, 2.05) is 12.1 Å². The maximum absolute atomic E-state index is 9.14. The topological polar surface area (TPSA) is 57.2 Å². The average Bonchev–Trinajstić information content (AvgIpc) is 2.47. The van der Waals surface area contributed by atoms with Gasteiger partial charge < -0.3 is 24.1 Å². The quantitative estimate of drug-likeness (QED) is 0.620. The van der Waals surface area contributed by atoms with Crippen LogP contribution in [0.5, 0.6) is 5.75 Å². The fraction of sp³-hybridized carbons (Fsp3) is 0.571. The number of aliphatic hydroxyl groups is 1. The van der Waals surface area contributed by atoms with Crippen LogP contribution in [0.15, 0.2) is 22.7 Å². The highest BCUT2D eigenvalue weighted by atomic mass is 79.9. The molecular formula is C14H21BrO5. The lowest BCUT2D eigenvalue weighted by Crippen LogP contribution is -2.12. The maximum Gasteiger partial charge on any atom is 0.119 e. The number of benzene rings is 1. The Labute approximate surface area is 127 Å². The van der Waals surface area contributed by atoms with Gasteiger partial charge in [0, 0.05) is 11.6 Å². The van der Waals surface area contributed by atoms with Gasteiger partial charge in [-0.3, -0.25) is 0 Å². The van der Waals surface area contributed by atoms with Crippen LogP contribution in [0.2, 0.25) is 0 Å². The molecule has 0 radical (unpaired) electrons. The molecule has 0 fully saturated rings. The van der Waals surface area contributed by atoms with Crippen LogP contribution in [0.4, 0.5) is 0 Å². The Bertz CT molecular complexity index is 373. The van der Waals surface area contributed by atoms with Crippen molar-refractivity contribution in [2.24, 2.45) is 0 Å². The Morgan fingerprint density at radius 3 is 2.30 bits per heavy atom. The molecule has 0 saturated carbocycles. The molecule has 6 heteroatoms. The van der Waals surface area contributed by atoms with Crippen molar-refractivity contribution in [3.63, 3.8) is 0 Å². The Balaban J connectivity index is 2.06. The number of halogens is 1. The molecule has 114 valence electrons. The van der Waals surface area contributed by atoms with Gasteiger partial charge in [0.15, 0.2) is 0 Å². The third-order valence-electron chi connectivity index (χ3n) is 2.49. The van der Waals surface area contributed by atoms with Gasteiger partial charge in [0.2, 0.25) is 0 Å². The molecule has 0 aromatic heterocycles. The molecule has 5 nitrogen and oxygen atoms in total. The van der Waals surface area contributed by atoms with Crippen molar-refractivity contribution in [3.05, 3.63) is 28.2 Å². The second kappa shape index (κ2) is 11.0. The Morgan fingerprint density at radius 2 is 1.65 bits per heavy atom. The fourth-order valence-corrected chi connectivity index (χ4v) is 1.82. The summed E-state index contributed by atoms with van der Waals surface area (Å²) in [5.74, 6) is 0.720. The second-order valence-corrected chi connectivity index (χ2v) is 4.83. The first kappa shape index (κ1) is 17.4. The summed E-state index contributed by atoms with van der Waals surface area (Å²) in [6, 6.07) is 5.50. The molecule has 1 rings (SSSR count). The zero-order chi connectivity index (χ0) is 14.6. The molecule has 1 N–H and O–H groups in total. The lowest BCUT2D eigenvalue weighted by atomic mass is 10.2. The molecular weight excluding hydrogens is 328 g/mol. The standard InChI is InChI=1S/C14H21BrO5/c1-17-4-5-18-6-7-19-8-9-20-13-2-3-14(15)12(10-13)11-16/h2-3,10,16H,4-9,11H2,1H3. The third-order valence-corrected chi connectivity index (χ3v) is 3.26. The number of hydrogen-bond acceptors (Lipinski definition) is 5. The van der Waals surface area contributed by atoms with Gasteiger partial charge in [0.25, 0.3) is 0 Å². The van der Waals surface area contributed by atoms with Crippen LogP contribution in [-0.4, -0.2) is 51.9 Å². The Kier molecular flexibility index (Phi) is 9.61. The van der Waals surface area contributed by atoms with E-state index in [2.05, 4.69) is 15.9 Å². The molecule has 0 bridgehead atoms. The highest BCUT2D eigenvalue weighted by molar-refractivity contribution is 9.10. The zero-order valence-electron chi connectivity index (χ0n) is 11.6. The highest BCUT2D eigenvalue weighted by Crippen LogP contribution is 2.22. The minimum Gasteiger partial charge on any atom is -0.491 e. The van der Waals surface area contributed by atoms with Gasteiger partial charge in [-0.25, -0.2) is 0 Å². The fourth-order valence-electron chi connectivity index (χ4n) is 1.44. The SMILES string of the molecule is COCCOCCOCCOc1ccc(Br)c(CO)c1. The van der Waals surface area contributed by atoms with E-state index in [1.54, 1.807) is 13.2 Å². The summed E-state index contributed by atoms with van der Waals surface area (Å²) in [5, 5.41) is 9.14. The normalized spacial score (nSPS) is 10.8. The first-order valence-electron chi connectivity index (χ1n) is 6.44. The average molecular weight is 349 g/mol. The summed E-state index contributed by atoms with van der Waals surface area (Å²) in [4.78, 5) is 0. The number of rotatable bonds is 11. The summed E-state index contributed by atoms with van der Waals surface area (Å²) in [5.41, 5.74) is 0.801. The van der Waals surface area contributed by atoms with Gasteiger partial charge in [0.1, 0.15) is 12.4 Å². The van der Waals surface area contributed by atoms with Crippen LogP contribution in [0.3, 0.4) is 0 Å². The van der Waals surface area contributed by atoms with Crippen LogP contribution in [0, 0.1) is 0 Å². The monoisotopic (exact) mass is 348 g/mol. The molecule has 20 heavy (non-hydrogen) atoms. The molecule has 0 saturated heterocycles. The van der Waals surface area contributed by atoms with Crippen molar-refractivity contribution in [2.45, 2.75) is 6.61 Å². The van der Waals surface area contributed by atoms with Gasteiger partial charge in [-0.2, -0.15) is 0 Å². The molecule has 0 heterocycles. The summed E-state index contributed by atoms with van der Waals surface area (Å²) < 4.78 is 21.9. The van der Waals surface area contributed by atoms with E-state index in [9.17, 15) is 0 Å². The molecule has 0 aliphatic rings. The van der Waals surface area contributed by atoms with E-state index in [0.29, 0.717) is 39.6 Å². The lowest BCUT2D eigenvalue weighted by Gasteiger charge is -2.09. The van der Waals surface area contributed by atoms with Gasteiger partial charge >= 0.3 is 0 Å². The van der Waals surface area contributed by atoms with Crippen LogP contribution < -0.4 is 4.74 Å². The highest BCUT2D eigenvalue weighted by Gasteiger charge is 2.01. The van der Waals surface area contributed by atoms with E-state index in [1.165, 1.54) is 0 Å². The van der Waals surface area contributed by atoms with E-state index >= 15 is 0 Å². The lowest BCUT2D eigenvalue weighted by molar-refractivity contribution is 0.0179. The summed E-state index contributed by atoms with van der Waals surface area (Å²) in [6.07, 6.45) is 0. The number of ether oxygens (including phenoxy) is 4. The summed E-state index contributed by atoms with van der Waals surface area (Å²) in [6.45, 7) is 3.21. The Hall–Kier alpha value is -0.660. The van der Waals surface area contributed by atoms with Crippen molar-refractivity contribution >= 4 is 15.9 Å². The molecule has 0 amide bonds. The first-order valence-corrected chi connectivity index (χ1v) is 7.23. The smallest absolute Gasteiger partial charge is 0.119 e. The maximum atomic E-state index is 9.14. The van der Waals surface area contributed by atoms with Crippen LogP contribution >= 0.6 is 15.9 Å². The molecule has 1 aromatic carbocycles. The molecule has 0 aliphatic heterocycles. The molecule has 0 aliphatic carbocycles. The third kappa shape index (κ3) is 7.21. The molecule has 0 atom stereocenters. The van der Waals surface area contributed by atoms with Gasteiger partial charge in [-0.1, -0.05) is 15.9 Å². The van der Waals surface area contributed by atoms with E-state index in [-0.39, 0.29) is 6.61 Å². The summed E-state index contributed by atoms with van der Waals surface area (Å²) in [7, 11) is 1.64. The molecule has 0 spiro atoms. The predicted octanol–water partition coefficient (Wildman–Crippen LogP) is 2.00. The summed E-state index contributed by atoms with van der Waals surface area (Å²) >= 11 is 3.36. The second-order valence-electron chi connectivity index (χ2n) is 3.98. The van der Waals surface area contributed by atoms with Crippen LogP contribution in [0.1, 0.15) is 5.56 Å². The van der Waals surface area contributed by atoms with E-state index in [0.717, 1.165) is 15.8 Å². The number of aliphatic hydroxyl groups excluding tert-OH is 1.